The summed E-state index contributed by atoms with van der Waals surface area (Å²) < 4.78 is 0. The molecule has 1 aliphatic heterocycles. The van der Waals surface area contributed by atoms with E-state index in [0.29, 0.717) is 0 Å². The Bertz CT molecular complexity index is 421. The number of aryl methyl sites for hydroxylation is 2. The predicted molar refractivity (Wildman–Crippen MR) is 70.5 cm³/mol. The molecule has 0 spiro atoms. The fourth-order valence-electron chi connectivity index (χ4n) is 2.07. The number of nitrogens with one attached hydrogen (secondary N) is 2. The molecule has 0 aliphatic carbocycles. The Balaban J connectivity index is 2.07. The van der Waals surface area contributed by atoms with Gasteiger partial charge < -0.3 is 10.6 Å². The number of rotatable bonds is 3. The van der Waals surface area contributed by atoms with Crippen LogP contribution in [-0.2, 0) is 11.2 Å². The number of aromatic nitrogens is 1. The zero-order valence-electron chi connectivity index (χ0n) is 10.6. The molecule has 1 fully saturated rings. The van der Waals surface area contributed by atoms with Crippen LogP contribution in [0.25, 0.3) is 0 Å². The van der Waals surface area contributed by atoms with Gasteiger partial charge in [0.25, 0.3) is 0 Å². The van der Waals surface area contributed by atoms with E-state index in [1.807, 2.05) is 13.8 Å². The minimum Gasteiger partial charge on any atom is -0.316 e. The smallest absolute Gasteiger partial charge is 0.233 e. The SMILES string of the molecule is CCc1nc(NC(=O)C2(C)CCNC2)sc1C. The van der Waals surface area contributed by atoms with Gasteiger partial charge in [0.15, 0.2) is 5.13 Å². The van der Waals surface area contributed by atoms with E-state index in [-0.39, 0.29) is 11.3 Å². The summed E-state index contributed by atoms with van der Waals surface area (Å²) in [5.41, 5.74) is 0.798. The first-order valence-electron chi connectivity index (χ1n) is 6.03. The highest BCUT2D eigenvalue weighted by molar-refractivity contribution is 7.15. The molecular formula is C12H19N3OS. The van der Waals surface area contributed by atoms with Gasteiger partial charge in [0.2, 0.25) is 5.91 Å². The molecule has 0 radical (unpaired) electrons. The normalized spacial score (nSPS) is 23.9. The second-order valence-electron chi connectivity index (χ2n) is 4.82. The van der Waals surface area contributed by atoms with Gasteiger partial charge in [-0.05, 0) is 33.2 Å². The van der Waals surface area contributed by atoms with Gasteiger partial charge in [0, 0.05) is 11.4 Å². The van der Waals surface area contributed by atoms with Crippen molar-refractivity contribution in [2.24, 2.45) is 5.41 Å². The lowest BCUT2D eigenvalue weighted by atomic mass is 9.89. The minimum atomic E-state index is -0.286. The van der Waals surface area contributed by atoms with Crippen LogP contribution in [0.5, 0.6) is 0 Å². The topological polar surface area (TPSA) is 54.0 Å². The van der Waals surface area contributed by atoms with Gasteiger partial charge in [0.1, 0.15) is 0 Å². The summed E-state index contributed by atoms with van der Waals surface area (Å²) in [5.74, 6) is 0.0823. The highest BCUT2D eigenvalue weighted by atomic mass is 32.1. The number of carbonyl (C=O) groups excluding carboxylic acids is 1. The number of nitrogens with zero attached hydrogens (tertiary/aromatic N) is 1. The molecule has 1 aliphatic rings. The molecule has 1 saturated heterocycles. The molecule has 1 aromatic rings. The zero-order valence-corrected chi connectivity index (χ0v) is 11.4. The van der Waals surface area contributed by atoms with Crippen molar-refractivity contribution in [2.45, 2.75) is 33.6 Å². The highest BCUT2D eigenvalue weighted by Crippen LogP contribution is 2.28. The van der Waals surface area contributed by atoms with Crippen molar-refractivity contribution in [1.29, 1.82) is 0 Å². The first-order chi connectivity index (χ1) is 8.05. The largest absolute Gasteiger partial charge is 0.316 e. The average molecular weight is 253 g/mol. The monoisotopic (exact) mass is 253 g/mol. The van der Waals surface area contributed by atoms with E-state index >= 15 is 0 Å². The third kappa shape index (κ3) is 2.50. The Morgan fingerprint density at radius 1 is 1.65 bits per heavy atom. The van der Waals surface area contributed by atoms with Crippen molar-refractivity contribution in [3.8, 4) is 0 Å². The lowest BCUT2D eigenvalue weighted by Gasteiger charge is -2.20. The first kappa shape index (κ1) is 12.5. The van der Waals surface area contributed by atoms with E-state index in [9.17, 15) is 4.79 Å². The summed E-state index contributed by atoms with van der Waals surface area (Å²) in [6, 6.07) is 0. The van der Waals surface area contributed by atoms with Crippen LogP contribution in [0.4, 0.5) is 5.13 Å². The van der Waals surface area contributed by atoms with Crippen molar-refractivity contribution in [1.82, 2.24) is 10.3 Å². The fraction of sp³-hybridized carbons (Fsp3) is 0.667. The second-order valence-corrected chi connectivity index (χ2v) is 6.02. The summed E-state index contributed by atoms with van der Waals surface area (Å²) in [5, 5.41) is 6.91. The summed E-state index contributed by atoms with van der Waals surface area (Å²) in [6.45, 7) is 7.80. The molecule has 4 nitrogen and oxygen atoms in total. The molecule has 1 amide bonds. The third-order valence-corrected chi connectivity index (χ3v) is 4.29. The van der Waals surface area contributed by atoms with Crippen molar-refractivity contribution >= 4 is 22.4 Å². The molecule has 0 bridgehead atoms. The molecule has 1 atom stereocenters. The molecule has 2 rings (SSSR count). The molecule has 0 aromatic carbocycles. The van der Waals surface area contributed by atoms with Gasteiger partial charge in [-0.1, -0.05) is 6.92 Å². The van der Waals surface area contributed by atoms with Crippen LogP contribution in [0, 0.1) is 12.3 Å². The Labute approximate surface area is 106 Å². The van der Waals surface area contributed by atoms with Gasteiger partial charge in [-0.3, -0.25) is 4.79 Å². The highest BCUT2D eigenvalue weighted by Gasteiger charge is 2.36. The number of carbonyl (C=O) groups is 1. The van der Waals surface area contributed by atoms with Gasteiger partial charge in [-0.25, -0.2) is 4.98 Å². The van der Waals surface area contributed by atoms with E-state index in [1.165, 1.54) is 4.88 Å². The average Bonchev–Trinajstić information content (AvgIpc) is 2.86. The number of amides is 1. The predicted octanol–water partition coefficient (Wildman–Crippen LogP) is 1.95. The van der Waals surface area contributed by atoms with Crippen LogP contribution in [0.2, 0.25) is 0 Å². The lowest BCUT2D eigenvalue weighted by molar-refractivity contribution is -0.123. The Morgan fingerprint density at radius 3 is 2.94 bits per heavy atom. The number of thiazole rings is 1. The fourth-order valence-corrected chi connectivity index (χ4v) is 2.97. The van der Waals surface area contributed by atoms with Gasteiger partial charge in [-0.15, -0.1) is 11.3 Å². The molecule has 5 heteroatoms. The molecule has 2 N–H and O–H groups in total. The van der Waals surface area contributed by atoms with Crippen molar-refractivity contribution in [2.75, 3.05) is 18.4 Å². The van der Waals surface area contributed by atoms with E-state index in [1.54, 1.807) is 11.3 Å². The maximum Gasteiger partial charge on any atom is 0.233 e. The molecule has 94 valence electrons. The minimum absolute atomic E-state index is 0.0823. The van der Waals surface area contributed by atoms with Gasteiger partial charge in [-0.2, -0.15) is 0 Å². The van der Waals surface area contributed by atoms with E-state index in [2.05, 4.69) is 22.5 Å². The summed E-state index contributed by atoms with van der Waals surface area (Å²) >= 11 is 1.56. The summed E-state index contributed by atoms with van der Waals surface area (Å²) in [7, 11) is 0. The van der Waals surface area contributed by atoms with E-state index in [4.69, 9.17) is 0 Å². The van der Waals surface area contributed by atoms with Crippen LogP contribution in [0.1, 0.15) is 30.8 Å². The van der Waals surface area contributed by atoms with Gasteiger partial charge >= 0.3 is 0 Å². The van der Waals surface area contributed by atoms with Crippen molar-refractivity contribution in [3.63, 3.8) is 0 Å². The van der Waals surface area contributed by atoms with Crippen molar-refractivity contribution < 1.29 is 4.79 Å². The number of anilines is 1. The van der Waals surface area contributed by atoms with Crippen LogP contribution >= 0.6 is 11.3 Å². The lowest BCUT2D eigenvalue weighted by Crippen LogP contribution is -2.35. The first-order valence-corrected chi connectivity index (χ1v) is 6.85. The quantitative estimate of drug-likeness (QED) is 0.865. The molecule has 0 saturated carbocycles. The van der Waals surface area contributed by atoms with Crippen LogP contribution in [0.15, 0.2) is 0 Å². The Morgan fingerprint density at radius 2 is 2.41 bits per heavy atom. The summed E-state index contributed by atoms with van der Waals surface area (Å²) in [6.07, 6.45) is 1.81. The van der Waals surface area contributed by atoms with Crippen LogP contribution < -0.4 is 10.6 Å². The Hall–Kier alpha value is -0.940. The van der Waals surface area contributed by atoms with Crippen molar-refractivity contribution in [3.05, 3.63) is 10.6 Å². The molecule has 2 heterocycles. The second kappa shape index (κ2) is 4.74. The summed E-state index contributed by atoms with van der Waals surface area (Å²) in [4.78, 5) is 17.8. The van der Waals surface area contributed by atoms with Crippen LogP contribution in [-0.4, -0.2) is 24.0 Å². The molecule has 1 unspecified atom stereocenters. The number of hydrogen-bond donors (Lipinski definition) is 2. The molecule has 17 heavy (non-hydrogen) atoms. The standard InChI is InChI=1S/C12H19N3OS/c1-4-9-8(2)17-11(14-9)15-10(16)12(3)5-6-13-7-12/h13H,4-7H2,1-3H3,(H,14,15,16). The third-order valence-electron chi connectivity index (χ3n) is 3.36. The molecular weight excluding hydrogens is 234 g/mol. The maximum atomic E-state index is 12.2. The zero-order chi connectivity index (χ0) is 12.5. The number of hydrogen-bond acceptors (Lipinski definition) is 4. The van der Waals surface area contributed by atoms with E-state index in [0.717, 1.165) is 36.8 Å². The Kier molecular flexibility index (Phi) is 3.49. The van der Waals surface area contributed by atoms with Crippen LogP contribution in [0.3, 0.4) is 0 Å². The maximum absolute atomic E-state index is 12.2. The van der Waals surface area contributed by atoms with E-state index < -0.39 is 0 Å². The van der Waals surface area contributed by atoms with Gasteiger partial charge in [0.05, 0.1) is 11.1 Å². The molecule has 1 aromatic heterocycles.